The Morgan fingerprint density at radius 1 is 1.35 bits per heavy atom. The van der Waals surface area contributed by atoms with Crippen molar-refractivity contribution in [3.8, 4) is 0 Å². The maximum Gasteiger partial charge on any atom is 0.287 e. The molecular formula is C18H23ClN4O3. The number of furan rings is 1. The van der Waals surface area contributed by atoms with Crippen LogP contribution >= 0.6 is 11.6 Å². The van der Waals surface area contributed by atoms with Crippen LogP contribution in [0.4, 0.5) is 0 Å². The number of amides is 2. The van der Waals surface area contributed by atoms with Gasteiger partial charge in [0.2, 0.25) is 5.91 Å². The van der Waals surface area contributed by atoms with Gasteiger partial charge in [-0.15, -0.1) is 0 Å². The lowest BCUT2D eigenvalue weighted by molar-refractivity contribution is -0.116. The van der Waals surface area contributed by atoms with E-state index in [1.165, 1.54) is 12.3 Å². The molecule has 0 saturated carbocycles. The molecule has 0 unspecified atom stereocenters. The molecular weight excluding hydrogens is 356 g/mol. The fourth-order valence-corrected chi connectivity index (χ4v) is 2.61. The molecule has 2 rings (SSSR count). The number of aryl methyl sites for hydroxylation is 2. The molecule has 2 aromatic heterocycles. The second-order valence-electron chi connectivity index (χ2n) is 5.72. The van der Waals surface area contributed by atoms with Crippen molar-refractivity contribution in [1.29, 1.82) is 0 Å². The molecule has 0 aliphatic heterocycles. The molecule has 0 radical (unpaired) electrons. The molecule has 0 bridgehead atoms. The second-order valence-corrected chi connectivity index (χ2v) is 6.08. The van der Waals surface area contributed by atoms with E-state index in [0.717, 1.165) is 30.6 Å². The molecule has 2 N–H and O–H groups in total. The van der Waals surface area contributed by atoms with Gasteiger partial charge in [0.25, 0.3) is 5.91 Å². The topological polar surface area (TPSA) is 89.2 Å². The van der Waals surface area contributed by atoms with E-state index in [1.807, 2.05) is 6.92 Å². The summed E-state index contributed by atoms with van der Waals surface area (Å²) in [6.07, 6.45) is 6.55. The van der Waals surface area contributed by atoms with E-state index < -0.39 is 0 Å². The van der Waals surface area contributed by atoms with Crippen molar-refractivity contribution in [2.45, 2.75) is 33.2 Å². The quantitative estimate of drug-likeness (QED) is 0.518. The van der Waals surface area contributed by atoms with Gasteiger partial charge >= 0.3 is 0 Å². The summed E-state index contributed by atoms with van der Waals surface area (Å²) in [7, 11) is 0. The van der Waals surface area contributed by atoms with E-state index in [-0.39, 0.29) is 17.6 Å². The molecule has 0 aliphatic rings. The Bertz CT molecular complexity index is 766. The van der Waals surface area contributed by atoms with Crippen LogP contribution in [0.25, 0.3) is 6.08 Å². The van der Waals surface area contributed by atoms with E-state index in [0.29, 0.717) is 18.2 Å². The number of carbonyl (C=O) groups is 2. The molecule has 2 aromatic rings. The Hall–Kier alpha value is -2.54. The normalized spacial score (nSPS) is 11.0. The lowest BCUT2D eigenvalue weighted by Crippen LogP contribution is -2.33. The summed E-state index contributed by atoms with van der Waals surface area (Å²) in [6.45, 7) is 5.32. The zero-order chi connectivity index (χ0) is 18.9. The first-order chi connectivity index (χ1) is 12.5. The highest BCUT2D eigenvalue weighted by Gasteiger charge is 2.11. The lowest BCUT2D eigenvalue weighted by Gasteiger charge is -2.04. The number of aromatic nitrogens is 2. The monoisotopic (exact) mass is 378 g/mol. The van der Waals surface area contributed by atoms with Crippen molar-refractivity contribution >= 4 is 29.5 Å². The Morgan fingerprint density at radius 2 is 2.12 bits per heavy atom. The number of unbranched alkanes of at least 4 members (excludes halogenated alkanes) is 1. The molecule has 0 saturated heterocycles. The van der Waals surface area contributed by atoms with Crippen molar-refractivity contribution in [2.75, 3.05) is 13.1 Å². The number of hydrogen-bond acceptors (Lipinski definition) is 4. The van der Waals surface area contributed by atoms with E-state index in [9.17, 15) is 9.59 Å². The fourth-order valence-electron chi connectivity index (χ4n) is 2.29. The maximum absolute atomic E-state index is 11.9. The van der Waals surface area contributed by atoms with Crippen LogP contribution in [-0.4, -0.2) is 34.7 Å². The van der Waals surface area contributed by atoms with E-state index in [2.05, 4.69) is 22.7 Å². The van der Waals surface area contributed by atoms with Crippen LogP contribution in [0.2, 0.25) is 5.15 Å². The molecule has 0 aromatic carbocycles. The molecule has 2 amide bonds. The van der Waals surface area contributed by atoms with Crippen LogP contribution in [0.15, 0.2) is 28.9 Å². The highest BCUT2D eigenvalue weighted by molar-refractivity contribution is 6.31. The summed E-state index contributed by atoms with van der Waals surface area (Å²) in [4.78, 5) is 23.5. The highest BCUT2D eigenvalue weighted by Crippen LogP contribution is 2.21. The number of nitrogens with one attached hydrogen (secondary N) is 2. The van der Waals surface area contributed by atoms with Gasteiger partial charge in [0, 0.05) is 31.3 Å². The third-order valence-electron chi connectivity index (χ3n) is 3.69. The Labute approximate surface area is 157 Å². The van der Waals surface area contributed by atoms with Gasteiger partial charge in [-0.3, -0.25) is 14.3 Å². The van der Waals surface area contributed by atoms with Gasteiger partial charge in [0.05, 0.1) is 12.0 Å². The van der Waals surface area contributed by atoms with Gasteiger partial charge in [-0.05, 0) is 31.6 Å². The highest BCUT2D eigenvalue weighted by atomic mass is 35.5. The van der Waals surface area contributed by atoms with E-state index in [1.54, 1.807) is 22.9 Å². The zero-order valence-corrected chi connectivity index (χ0v) is 15.7. The molecule has 140 valence electrons. The molecule has 8 heteroatoms. The van der Waals surface area contributed by atoms with Gasteiger partial charge in [0.15, 0.2) is 5.76 Å². The van der Waals surface area contributed by atoms with Crippen molar-refractivity contribution in [2.24, 2.45) is 0 Å². The number of halogens is 1. The smallest absolute Gasteiger partial charge is 0.287 e. The summed E-state index contributed by atoms with van der Waals surface area (Å²) < 4.78 is 6.73. The van der Waals surface area contributed by atoms with Crippen LogP contribution in [0, 0.1) is 6.92 Å². The van der Waals surface area contributed by atoms with Crippen molar-refractivity contribution in [1.82, 2.24) is 20.4 Å². The minimum absolute atomic E-state index is 0.237. The number of rotatable bonds is 9. The third kappa shape index (κ3) is 5.49. The number of hydrogen-bond donors (Lipinski definition) is 2. The van der Waals surface area contributed by atoms with E-state index >= 15 is 0 Å². The Kier molecular flexibility index (Phi) is 7.47. The Morgan fingerprint density at radius 3 is 2.81 bits per heavy atom. The molecule has 0 fully saturated rings. The van der Waals surface area contributed by atoms with Crippen molar-refractivity contribution in [3.05, 3.63) is 46.6 Å². The minimum Gasteiger partial charge on any atom is -0.459 e. The molecule has 7 nitrogen and oxygen atoms in total. The lowest BCUT2D eigenvalue weighted by atomic mass is 10.2. The van der Waals surface area contributed by atoms with Gasteiger partial charge < -0.3 is 15.1 Å². The predicted octanol–water partition coefficient (Wildman–Crippen LogP) is 2.80. The SMILES string of the molecule is CCCCn1nc(C)c(/C=C/C(=O)NCCNC(=O)c2ccco2)c1Cl. The minimum atomic E-state index is -0.318. The van der Waals surface area contributed by atoms with Gasteiger partial charge in [-0.2, -0.15) is 5.10 Å². The van der Waals surface area contributed by atoms with Crippen molar-refractivity contribution < 1.29 is 14.0 Å². The first-order valence-corrected chi connectivity index (χ1v) is 8.91. The third-order valence-corrected chi connectivity index (χ3v) is 4.09. The number of nitrogens with zero attached hydrogens (tertiary/aromatic N) is 2. The van der Waals surface area contributed by atoms with Crippen LogP contribution in [-0.2, 0) is 11.3 Å². The summed E-state index contributed by atoms with van der Waals surface area (Å²) in [6, 6.07) is 3.21. The van der Waals surface area contributed by atoms with Crippen LogP contribution < -0.4 is 10.6 Å². The standard InChI is InChI=1S/C18H23ClN4O3/c1-3-4-11-23-17(19)14(13(2)22-23)7-8-16(24)20-9-10-21-18(25)15-6-5-12-26-15/h5-8,12H,3-4,9-11H2,1-2H3,(H,20,24)(H,21,25)/b8-7+. The first-order valence-electron chi connectivity index (χ1n) is 8.53. The maximum atomic E-state index is 11.9. The largest absolute Gasteiger partial charge is 0.459 e. The van der Waals surface area contributed by atoms with Crippen LogP contribution in [0.1, 0.15) is 41.6 Å². The molecule has 0 spiro atoms. The van der Waals surface area contributed by atoms with Gasteiger partial charge in [-0.1, -0.05) is 24.9 Å². The molecule has 0 aliphatic carbocycles. The van der Waals surface area contributed by atoms with E-state index in [4.69, 9.17) is 16.0 Å². The summed E-state index contributed by atoms with van der Waals surface area (Å²) >= 11 is 6.32. The van der Waals surface area contributed by atoms with Gasteiger partial charge in [0.1, 0.15) is 5.15 Å². The fraction of sp³-hybridized carbons (Fsp3) is 0.389. The van der Waals surface area contributed by atoms with Crippen LogP contribution in [0.5, 0.6) is 0 Å². The first kappa shape index (κ1) is 19.8. The Balaban J connectivity index is 1.78. The summed E-state index contributed by atoms with van der Waals surface area (Å²) in [5.41, 5.74) is 1.52. The summed E-state index contributed by atoms with van der Waals surface area (Å²) in [5.74, 6) is -0.350. The molecule has 26 heavy (non-hydrogen) atoms. The predicted molar refractivity (Wildman–Crippen MR) is 100.0 cm³/mol. The number of carbonyl (C=O) groups excluding carboxylic acids is 2. The average molecular weight is 379 g/mol. The second kappa shape index (κ2) is 9.82. The summed E-state index contributed by atoms with van der Waals surface area (Å²) in [5, 5.41) is 10.3. The average Bonchev–Trinajstić information content (AvgIpc) is 3.24. The van der Waals surface area contributed by atoms with Crippen molar-refractivity contribution in [3.63, 3.8) is 0 Å². The zero-order valence-electron chi connectivity index (χ0n) is 14.9. The molecule has 0 atom stereocenters. The van der Waals surface area contributed by atoms with Crippen LogP contribution in [0.3, 0.4) is 0 Å². The van der Waals surface area contributed by atoms with Gasteiger partial charge in [-0.25, -0.2) is 0 Å². The molecule has 2 heterocycles.